The van der Waals surface area contributed by atoms with E-state index in [-0.39, 0.29) is 0 Å². The van der Waals surface area contributed by atoms with Crippen molar-refractivity contribution < 1.29 is 14.2 Å². The van der Waals surface area contributed by atoms with Crippen molar-refractivity contribution in [2.45, 2.75) is 199 Å². The molecule has 1 aromatic rings. The molecule has 3 fully saturated rings. The number of hydrogen-bond acceptors (Lipinski definition) is 3. The molecule has 0 saturated heterocycles. The molecule has 0 heterocycles. The topological polar surface area (TPSA) is 27.7 Å². The number of ether oxygens (including phenoxy) is 3. The second-order valence-corrected chi connectivity index (χ2v) is 15.7. The van der Waals surface area contributed by atoms with Crippen molar-refractivity contribution in [2.24, 2.45) is 17.8 Å². The monoisotopic (exact) mass is 639 g/mol. The third-order valence-corrected chi connectivity index (χ3v) is 12.0. The van der Waals surface area contributed by atoms with Crippen LogP contribution in [0.15, 0.2) is 24.3 Å². The summed E-state index contributed by atoms with van der Waals surface area (Å²) in [5.41, 5.74) is 1.54. The number of unbranched alkanes of at least 4 members (excludes halogenated alkanes) is 8. The molecule has 46 heavy (non-hydrogen) atoms. The van der Waals surface area contributed by atoms with Gasteiger partial charge in [-0.15, -0.1) is 0 Å². The van der Waals surface area contributed by atoms with Gasteiger partial charge in [0.15, 0.2) is 0 Å². The Labute approximate surface area is 285 Å². The van der Waals surface area contributed by atoms with Gasteiger partial charge < -0.3 is 14.2 Å². The van der Waals surface area contributed by atoms with Gasteiger partial charge in [0.1, 0.15) is 5.75 Å². The van der Waals surface area contributed by atoms with Crippen molar-refractivity contribution in [2.75, 3.05) is 19.8 Å². The quantitative estimate of drug-likeness (QED) is 0.112. The highest BCUT2D eigenvalue weighted by atomic mass is 16.5. The molecule has 0 unspecified atom stereocenters. The summed E-state index contributed by atoms with van der Waals surface area (Å²) in [6, 6.07) is 9.14. The molecule has 3 nitrogen and oxygen atoms in total. The van der Waals surface area contributed by atoms with E-state index in [1.54, 1.807) is 0 Å². The molecule has 0 spiro atoms. The zero-order chi connectivity index (χ0) is 32.1. The van der Waals surface area contributed by atoms with Crippen LogP contribution in [-0.4, -0.2) is 32.0 Å². The molecule has 264 valence electrons. The summed E-state index contributed by atoms with van der Waals surface area (Å²) in [6.07, 6.45) is 36.0. The fraction of sp³-hybridized carbons (Fsp3) is 0.860. The van der Waals surface area contributed by atoms with Crippen molar-refractivity contribution in [1.82, 2.24) is 0 Å². The van der Waals surface area contributed by atoms with Gasteiger partial charge in [0.25, 0.3) is 0 Å². The van der Waals surface area contributed by atoms with Crippen molar-refractivity contribution in [3.8, 4) is 5.75 Å². The van der Waals surface area contributed by atoms with E-state index in [2.05, 4.69) is 38.1 Å². The van der Waals surface area contributed by atoms with Crippen LogP contribution in [0.3, 0.4) is 0 Å². The molecule has 3 aliphatic rings. The first kappa shape index (κ1) is 37.8. The SMILES string of the molecule is CCCCCCCOC1CCC(OCCCCCCOc2ccc(C3CCC(CCC4CCC(CCCC)CC4)CC3)cc2)CC1. The lowest BCUT2D eigenvalue weighted by molar-refractivity contribution is -0.0327. The molecule has 3 heteroatoms. The Hall–Kier alpha value is -1.06. The summed E-state index contributed by atoms with van der Waals surface area (Å²) < 4.78 is 18.4. The highest BCUT2D eigenvalue weighted by molar-refractivity contribution is 5.29. The lowest BCUT2D eigenvalue weighted by Gasteiger charge is -2.32. The molecule has 3 saturated carbocycles. The van der Waals surface area contributed by atoms with Crippen LogP contribution in [0.5, 0.6) is 5.75 Å². The van der Waals surface area contributed by atoms with Gasteiger partial charge in [0.2, 0.25) is 0 Å². The van der Waals surface area contributed by atoms with Crippen LogP contribution >= 0.6 is 0 Å². The Balaban J connectivity index is 0.948. The largest absolute Gasteiger partial charge is 0.494 e. The predicted octanol–water partition coefficient (Wildman–Crippen LogP) is 13.0. The second-order valence-electron chi connectivity index (χ2n) is 15.7. The summed E-state index contributed by atoms with van der Waals surface area (Å²) in [4.78, 5) is 0. The van der Waals surface area contributed by atoms with E-state index in [0.29, 0.717) is 12.2 Å². The van der Waals surface area contributed by atoms with E-state index in [4.69, 9.17) is 14.2 Å². The molecule has 0 bridgehead atoms. The zero-order valence-corrected chi connectivity index (χ0v) is 30.5. The molecule has 0 aromatic heterocycles. The third kappa shape index (κ3) is 15.0. The first-order valence-corrected chi connectivity index (χ1v) is 20.7. The van der Waals surface area contributed by atoms with Gasteiger partial charge in [-0.2, -0.15) is 0 Å². The van der Waals surface area contributed by atoms with Gasteiger partial charge in [-0.05, 0) is 118 Å². The van der Waals surface area contributed by atoms with Crippen LogP contribution < -0.4 is 4.74 Å². The summed E-state index contributed by atoms with van der Waals surface area (Å²) in [6.45, 7) is 7.31. The first-order valence-electron chi connectivity index (χ1n) is 20.7. The third-order valence-electron chi connectivity index (χ3n) is 12.0. The predicted molar refractivity (Wildman–Crippen MR) is 196 cm³/mol. The average Bonchev–Trinajstić information content (AvgIpc) is 3.10. The summed E-state index contributed by atoms with van der Waals surface area (Å²) in [7, 11) is 0. The Morgan fingerprint density at radius 3 is 1.43 bits per heavy atom. The van der Waals surface area contributed by atoms with Gasteiger partial charge in [-0.3, -0.25) is 0 Å². The van der Waals surface area contributed by atoms with Gasteiger partial charge in [0, 0.05) is 13.2 Å². The van der Waals surface area contributed by atoms with Crippen molar-refractivity contribution in [3.05, 3.63) is 29.8 Å². The first-order chi connectivity index (χ1) is 22.7. The minimum Gasteiger partial charge on any atom is -0.494 e. The Morgan fingerprint density at radius 1 is 0.457 bits per heavy atom. The van der Waals surface area contributed by atoms with E-state index in [1.165, 1.54) is 166 Å². The van der Waals surface area contributed by atoms with Gasteiger partial charge >= 0.3 is 0 Å². The minimum absolute atomic E-state index is 0.459. The summed E-state index contributed by atoms with van der Waals surface area (Å²) in [5.74, 6) is 4.87. The Bertz CT molecular complexity index is 843. The van der Waals surface area contributed by atoms with Gasteiger partial charge in [0.05, 0.1) is 18.8 Å². The summed E-state index contributed by atoms with van der Waals surface area (Å²) >= 11 is 0. The minimum atomic E-state index is 0.459. The molecule has 1 aromatic carbocycles. The molecule has 0 amide bonds. The fourth-order valence-corrected chi connectivity index (χ4v) is 8.71. The molecular formula is C43H74O3. The maximum Gasteiger partial charge on any atom is 0.119 e. The smallest absolute Gasteiger partial charge is 0.119 e. The Kier molecular flexibility index (Phi) is 19.1. The highest BCUT2D eigenvalue weighted by Gasteiger charge is 2.25. The maximum absolute atomic E-state index is 6.21. The molecule has 3 aliphatic carbocycles. The van der Waals surface area contributed by atoms with Crippen LogP contribution in [0, 0.1) is 17.8 Å². The molecule has 0 aliphatic heterocycles. The zero-order valence-electron chi connectivity index (χ0n) is 30.5. The molecule has 4 rings (SSSR count). The summed E-state index contributed by atoms with van der Waals surface area (Å²) in [5, 5.41) is 0. The standard InChI is InChI=1S/C43H74O3/c1-3-5-7-8-11-33-45-42-29-31-43(32-30-42)46-35-13-10-9-12-34-44-41-27-25-40(26-28-41)39-23-21-38(22-24-39)20-19-37-17-15-36(16-18-37)14-6-4-2/h25-28,36-39,42-43H,3-24,29-35H2,1-2H3. The lowest BCUT2D eigenvalue weighted by Crippen LogP contribution is -2.27. The number of benzene rings is 1. The van der Waals surface area contributed by atoms with Crippen molar-refractivity contribution in [1.29, 1.82) is 0 Å². The Morgan fingerprint density at radius 2 is 0.913 bits per heavy atom. The normalized spacial score (nSPS) is 27.1. The molecular weight excluding hydrogens is 564 g/mol. The number of rotatable bonds is 23. The van der Waals surface area contributed by atoms with E-state index in [0.717, 1.165) is 55.7 Å². The second kappa shape index (κ2) is 23.3. The van der Waals surface area contributed by atoms with E-state index in [9.17, 15) is 0 Å². The van der Waals surface area contributed by atoms with Crippen molar-refractivity contribution in [3.63, 3.8) is 0 Å². The van der Waals surface area contributed by atoms with Crippen LogP contribution in [0.25, 0.3) is 0 Å². The van der Waals surface area contributed by atoms with E-state index < -0.39 is 0 Å². The van der Waals surface area contributed by atoms with Crippen LogP contribution in [0.2, 0.25) is 0 Å². The molecule has 0 radical (unpaired) electrons. The maximum atomic E-state index is 6.21. The van der Waals surface area contributed by atoms with E-state index >= 15 is 0 Å². The van der Waals surface area contributed by atoms with Crippen molar-refractivity contribution >= 4 is 0 Å². The molecule has 0 N–H and O–H groups in total. The van der Waals surface area contributed by atoms with Gasteiger partial charge in [-0.25, -0.2) is 0 Å². The van der Waals surface area contributed by atoms with Crippen LogP contribution in [-0.2, 0) is 9.47 Å². The lowest BCUT2D eigenvalue weighted by atomic mass is 9.74. The van der Waals surface area contributed by atoms with Crippen LogP contribution in [0.1, 0.15) is 192 Å². The van der Waals surface area contributed by atoms with E-state index in [1.807, 2.05) is 0 Å². The average molecular weight is 639 g/mol. The molecule has 0 atom stereocenters. The van der Waals surface area contributed by atoms with Crippen LogP contribution in [0.4, 0.5) is 0 Å². The van der Waals surface area contributed by atoms with Gasteiger partial charge in [-0.1, -0.05) is 116 Å². The fourth-order valence-electron chi connectivity index (χ4n) is 8.71. The highest BCUT2D eigenvalue weighted by Crippen LogP contribution is 2.40. The number of hydrogen-bond donors (Lipinski definition) is 0.